The van der Waals surface area contributed by atoms with Gasteiger partial charge in [-0.15, -0.1) is 0 Å². The van der Waals surface area contributed by atoms with E-state index in [1.165, 1.54) is 0 Å². The lowest BCUT2D eigenvalue weighted by Gasteiger charge is -2.13. The molecule has 1 aromatic carbocycles. The monoisotopic (exact) mass is 268 g/mol. The number of para-hydroxylation sites is 1. The standard InChI is InChI=1S/C13H17ClN2S/c1-8(2)11-7-15-13(17-11)16-12-9(3)5-4-6-10(12)14/h4-6,8,11H,7H2,1-3H3,(H,15,16). The molecule has 1 aromatic rings. The van der Waals surface area contributed by atoms with Crippen LogP contribution in [0.4, 0.5) is 5.69 Å². The molecule has 2 rings (SSSR count). The van der Waals surface area contributed by atoms with Crippen molar-refractivity contribution in [2.75, 3.05) is 11.9 Å². The number of nitrogens with one attached hydrogen (secondary N) is 1. The number of benzene rings is 1. The third kappa shape index (κ3) is 2.96. The Morgan fingerprint density at radius 3 is 2.82 bits per heavy atom. The molecule has 1 unspecified atom stereocenters. The van der Waals surface area contributed by atoms with Crippen molar-refractivity contribution in [1.29, 1.82) is 0 Å². The predicted molar refractivity (Wildman–Crippen MR) is 78.3 cm³/mol. The number of halogens is 1. The van der Waals surface area contributed by atoms with E-state index in [1.54, 1.807) is 0 Å². The van der Waals surface area contributed by atoms with Gasteiger partial charge in [-0.05, 0) is 24.5 Å². The van der Waals surface area contributed by atoms with Gasteiger partial charge in [-0.2, -0.15) is 0 Å². The predicted octanol–water partition coefficient (Wildman–Crippen LogP) is 4.19. The van der Waals surface area contributed by atoms with Crippen LogP contribution in [-0.4, -0.2) is 17.0 Å². The lowest BCUT2D eigenvalue weighted by Crippen LogP contribution is -2.13. The quantitative estimate of drug-likeness (QED) is 0.870. The third-order valence-corrected chi connectivity index (χ3v) is 4.64. The summed E-state index contributed by atoms with van der Waals surface area (Å²) in [6, 6.07) is 5.91. The van der Waals surface area contributed by atoms with Crippen LogP contribution in [0.15, 0.2) is 23.2 Å². The normalized spacial score (nSPS) is 19.6. The Hall–Kier alpha value is -0.670. The summed E-state index contributed by atoms with van der Waals surface area (Å²) in [5.41, 5.74) is 2.12. The highest BCUT2D eigenvalue weighted by molar-refractivity contribution is 8.15. The van der Waals surface area contributed by atoms with Crippen LogP contribution in [-0.2, 0) is 0 Å². The summed E-state index contributed by atoms with van der Waals surface area (Å²) in [5, 5.41) is 5.66. The summed E-state index contributed by atoms with van der Waals surface area (Å²) < 4.78 is 0. The highest BCUT2D eigenvalue weighted by atomic mass is 35.5. The summed E-state index contributed by atoms with van der Waals surface area (Å²) >= 11 is 7.99. The first-order valence-corrected chi connectivity index (χ1v) is 7.07. The van der Waals surface area contributed by atoms with Crippen molar-refractivity contribution in [2.24, 2.45) is 10.9 Å². The van der Waals surface area contributed by atoms with Crippen molar-refractivity contribution in [3.63, 3.8) is 0 Å². The van der Waals surface area contributed by atoms with Gasteiger partial charge in [0.25, 0.3) is 0 Å². The summed E-state index contributed by atoms with van der Waals surface area (Å²) in [5.74, 6) is 0.649. The zero-order valence-electron chi connectivity index (χ0n) is 10.3. The Kier molecular flexibility index (Phi) is 4.00. The Morgan fingerprint density at radius 2 is 2.24 bits per heavy atom. The van der Waals surface area contributed by atoms with E-state index in [2.05, 4.69) is 24.2 Å². The molecule has 0 bridgehead atoms. The molecule has 0 aromatic heterocycles. The lowest BCUT2D eigenvalue weighted by atomic mass is 10.1. The SMILES string of the molecule is Cc1cccc(Cl)c1NC1=NCC(C(C)C)S1. The molecule has 1 atom stereocenters. The third-order valence-electron chi connectivity index (χ3n) is 2.88. The van der Waals surface area contributed by atoms with Gasteiger partial charge in [0.1, 0.15) is 0 Å². The summed E-state index contributed by atoms with van der Waals surface area (Å²) in [6.45, 7) is 7.41. The molecule has 0 saturated heterocycles. The van der Waals surface area contributed by atoms with Gasteiger partial charge in [-0.25, -0.2) is 0 Å². The van der Waals surface area contributed by atoms with Crippen LogP contribution < -0.4 is 5.32 Å². The van der Waals surface area contributed by atoms with E-state index in [1.807, 2.05) is 36.9 Å². The van der Waals surface area contributed by atoms with Gasteiger partial charge in [0.2, 0.25) is 0 Å². The van der Waals surface area contributed by atoms with E-state index in [-0.39, 0.29) is 0 Å². The fourth-order valence-corrected chi connectivity index (χ4v) is 2.99. The van der Waals surface area contributed by atoms with Gasteiger partial charge in [-0.3, -0.25) is 4.99 Å². The first-order chi connectivity index (χ1) is 8.08. The van der Waals surface area contributed by atoms with Crippen molar-refractivity contribution >= 4 is 34.2 Å². The lowest BCUT2D eigenvalue weighted by molar-refractivity contribution is 0.621. The number of thioether (sulfide) groups is 1. The maximum absolute atomic E-state index is 6.18. The van der Waals surface area contributed by atoms with Crippen molar-refractivity contribution < 1.29 is 0 Å². The summed E-state index contributed by atoms with van der Waals surface area (Å²) in [4.78, 5) is 4.53. The minimum absolute atomic E-state index is 0.584. The number of amidine groups is 1. The number of rotatable bonds is 2. The van der Waals surface area contributed by atoms with Crippen LogP contribution in [0.3, 0.4) is 0 Å². The maximum Gasteiger partial charge on any atom is 0.161 e. The fraction of sp³-hybridized carbons (Fsp3) is 0.462. The van der Waals surface area contributed by atoms with E-state index in [0.717, 1.165) is 28.0 Å². The van der Waals surface area contributed by atoms with E-state index < -0.39 is 0 Å². The molecule has 1 N–H and O–H groups in total. The molecule has 0 saturated carbocycles. The van der Waals surface area contributed by atoms with Gasteiger partial charge in [0, 0.05) is 5.25 Å². The zero-order chi connectivity index (χ0) is 12.4. The molecule has 4 heteroatoms. The number of hydrogen-bond acceptors (Lipinski definition) is 3. The van der Waals surface area contributed by atoms with Crippen molar-refractivity contribution in [3.05, 3.63) is 28.8 Å². The number of aliphatic imine (C=N–C) groups is 1. The van der Waals surface area contributed by atoms with Crippen LogP contribution in [0.2, 0.25) is 5.02 Å². The Bertz CT molecular complexity index is 423. The summed E-state index contributed by atoms with van der Waals surface area (Å²) in [7, 11) is 0. The molecule has 0 aliphatic carbocycles. The number of aryl methyl sites for hydroxylation is 1. The average molecular weight is 269 g/mol. The van der Waals surface area contributed by atoms with Crippen LogP contribution in [0.1, 0.15) is 19.4 Å². The van der Waals surface area contributed by atoms with E-state index >= 15 is 0 Å². The second-order valence-electron chi connectivity index (χ2n) is 4.60. The van der Waals surface area contributed by atoms with Gasteiger partial charge in [-0.1, -0.05) is 49.3 Å². The van der Waals surface area contributed by atoms with Gasteiger partial charge < -0.3 is 5.32 Å². The largest absolute Gasteiger partial charge is 0.334 e. The molecular formula is C13H17ClN2S. The fourth-order valence-electron chi connectivity index (χ4n) is 1.70. The minimum Gasteiger partial charge on any atom is -0.334 e. The zero-order valence-corrected chi connectivity index (χ0v) is 11.9. The second-order valence-corrected chi connectivity index (χ2v) is 6.24. The molecule has 0 spiro atoms. The highest BCUT2D eigenvalue weighted by Crippen LogP contribution is 2.31. The molecule has 92 valence electrons. The minimum atomic E-state index is 0.584. The highest BCUT2D eigenvalue weighted by Gasteiger charge is 2.23. The molecular weight excluding hydrogens is 252 g/mol. The Morgan fingerprint density at radius 1 is 1.47 bits per heavy atom. The molecule has 0 amide bonds. The van der Waals surface area contributed by atoms with Crippen molar-refractivity contribution in [3.8, 4) is 0 Å². The molecule has 1 heterocycles. The van der Waals surface area contributed by atoms with Crippen LogP contribution in [0.5, 0.6) is 0 Å². The molecule has 1 aliphatic heterocycles. The molecule has 17 heavy (non-hydrogen) atoms. The van der Waals surface area contributed by atoms with E-state index in [0.29, 0.717) is 11.2 Å². The van der Waals surface area contributed by atoms with Crippen molar-refractivity contribution in [2.45, 2.75) is 26.0 Å². The van der Waals surface area contributed by atoms with Crippen molar-refractivity contribution in [1.82, 2.24) is 0 Å². The molecule has 0 radical (unpaired) electrons. The van der Waals surface area contributed by atoms with Gasteiger partial charge >= 0.3 is 0 Å². The molecule has 2 nitrogen and oxygen atoms in total. The first-order valence-electron chi connectivity index (χ1n) is 5.81. The van der Waals surface area contributed by atoms with Crippen LogP contribution in [0.25, 0.3) is 0 Å². The topological polar surface area (TPSA) is 24.4 Å². The molecule has 1 aliphatic rings. The second kappa shape index (κ2) is 5.32. The number of hydrogen-bond donors (Lipinski definition) is 1. The first kappa shape index (κ1) is 12.8. The number of nitrogens with zero attached hydrogens (tertiary/aromatic N) is 1. The maximum atomic E-state index is 6.18. The van der Waals surface area contributed by atoms with Crippen LogP contribution >= 0.6 is 23.4 Å². The van der Waals surface area contributed by atoms with Crippen LogP contribution in [0, 0.1) is 12.8 Å². The summed E-state index contributed by atoms with van der Waals surface area (Å²) in [6.07, 6.45) is 0. The Labute approximate surface area is 112 Å². The van der Waals surface area contributed by atoms with Gasteiger partial charge in [0.15, 0.2) is 5.17 Å². The smallest absolute Gasteiger partial charge is 0.161 e. The van der Waals surface area contributed by atoms with E-state index in [9.17, 15) is 0 Å². The van der Waals surface area contributed by atoms with Gasteiger partial charge in [0.05, 0.1) is 17.3 Å². The van der Waals surface area contributed by atoms with E-state index in [4.69, 9.17) is 11.6 Å². The number of anilines is 1. The average Bonchev–Trinajstić information content (AvgIpc) is 2.72. The Balaban J connectivity index is 2.08. The molecule has 0 fully saturated rings.